The van der Waals surface area contributed by atoms with Crippen molar-refractivity contribution in [3.8, 4) is 0 Å². The van der Waals surface area contributed by atoms with Crippen LogP contribution in [0.3, 0.4) is 0 Å². The minimum atomic E-state index is -0.321. The zero-order chi connectivity index (χ0) is 16.9. The van der Waals surface area contributed by atoms with Gasteiger partial charge in [0, 0.05) is 23.4 Å². The molecule has 0 radical (unpaired) electrons. The maximum Gasteiger partial charge on any atom is 0.275 e. The van der Waals surface area contributed by atoms with E-state index in [-0.39, 0.29) is 11.6 Å². The number of para-hydroxylation sites is 1. The molecule has 3 aromatic rings. The second-order valence-electron chi connectivity index (χ2n) is 5.12. The lowest BCUT2D eigenvalue weighted by atomic mass is 10.3. The lowest BCUT2D eigenvalue weighted by Crippen LogP contribution is -2.16. The highest BCUT2D eigenvalue weighted by Gasteiger charge is 2.11. The first-order valence-corrected chi connectivity index (χ1v) is 7.69. The molecule has 0 bridgehead atoms. The number of carbonyl (C=O) groups excluding carboxylic acids is 1. The quantitative estimate of drug-likeness (QED) is 0.776. The highest BCUT2D eigenvalue weighted by molar-refractivity contribution is 6.30. The fourth-order valence-electron chi connectivity index (χ4n) is 2.12. The average molecular weight is 339 g/mol. The van der Waals surface area contributed by atoms with E-state index in [9.17, 15) is 4.79 Å². The van der Waals surface area contributed by atoms with Crippen LogP contribution in [-0.2, 0) is 0 Å². The maximum absolute atomic E-state index is 12.2. The van der Waals surface area contributed by atoms with Gasteiger partial charge in [-0.15, -0.1) is 0 Å². The number of aromatic nitrogens is 2. The summed E-state index contributed by atoms with van der Waals surface area (Å²) < 4.78 is 0. The van der Waals surface area contributed by atoms with Crippen molar-refractivity contribution in [2.45, 2.75) is 0 Å². The van der Waals surface area contributed by atoms with E-state index in [1.807, 2.05) is 42.3 Å². The molecule has 1 heterocycles. The van der Waals surface area contributed by atoms with Gasteiger partial charge in [0.2, 0.25) is 0 Å². The summed E-state index contributed by atoms with van der Waals surface area (Å²) in [5.41, 5.74) is 1.89. The zero-order valence-electron chi connectivity index (χ0n) is 13.0. The third-order valence-electron chi connectivity index (χ3n) is 3.46. The summed E-state index contributed by atoms with van der Waals surface area (Å²) in [5, 5.41) is 3.36. The van der Waals surface area contributed by atoms with E-state index in [0.29, 0.717) is 16.5 Å². The van der Waals surface area contributed by atoms with Gasteiger partial charge in [-0.1, -0.05) is 29.8 Å². The number of nitrogens with zero attached hydrogens (tertiary/aromatic N) is 3. The van der Waals surface area contributed by atoms with E-state index in [4.69, 9.17) is 11.6 Å². The van der Waals surface area contributed by atoms with E-state index in [1.165, 1.54) is 6.20 Å². The van der Waals surface area contributed by atoms with Gasteiger partial charge < -0.3 is 10.2 Å². The van der Waals surface area contributed by atoms with E-state index < -0.39 is 0 Å². The molecular weight excluding hydrogens is 324 g/mol. The SMILES string of the molecule is CN(c1ccccc1)c1cnc(C(=O)Nc2ccc(Cl)cc2)cn1. The maximum atomic E-state index is 12.2. The Hall–Kier alpha value is -2.92. The normalized spacial score (nSPS) is 10.2. The van der Waals surface area contributed by atoms with Crippen molar-refractivity contribution in [1.82, 2.24) is 9.97 Å². The van der Waals surface area contributed by atoms with Gasteiger partial charge in [0.1, 0.15) is 5.69 Å². The monoisotopic (exact) mass is 338 g/mol. The predicted octanol–water partition coefficient (Wildman–Crippen LogP) is 4.15. The second kappa shape index (κ2) is 7.10. The van der Waals surface area contributed by atoms with Crippen LogP contribution in [0.5, 0.6) is 0 Å². The van der Waals surface area contributed by atoms with Crippen LogP contribution >= 0.6 is 11.6 Å². The Morgan fingerprint density at radius 1 is 1.00 bits per heavy atom. The Bertz CT molecular complexity index is 820. The minimum Gasteiger partial charge on any atom is -0.328 e. The summed E-state index contributed by atoms with van der Waals surface area (Å²) in [4.78, 5) is 22.6. The Labute approximate surface area is 144 Å². The van der Waals surface area contributed by atoms with Gasteiger partial charge in [-0.25, -0.2) is 9.97 Å². The van der Waals surface area contributed by atoms with Crippen molar-refractivity contribution in [3.63, 3.8) is 0 Å². The molecule has 120 valence electrons. The lowest BCUT2D eigenvalue weighted by molar-refractivity contribution is 0.102. The van der Waals surface area contributed by atoms with Crippen LogP contribution in [0.1, 0.15) is 10.5 Å². The van der Waals surface area contributed by atoms with Crippen LogP contribution < -0.4 is 10.2 Å². The molecule has 3 rings (SSSR count). The highest BCUT2D eigenvalue weighted by Crippen LogP contribution is 2.20. The van der Waals surface area contributed by atoms with Crippen LogP contribution in [0.4, 0.5) is 17.2 Å². The number of halogens is 1. The fourth-order valence-corrected chi connectivity index (χ4v) is 2.25. The minimum absolute atomic E-state index is 0.246. The molecule has 0 fully saturated rings. The van der Waals surface area contributed by atoms with Crippen LogP contribution in [0.25, 0.3) is 0 Å². The number of amides is 1. The molecule has 0 aliphatic heterocycles. The lowest BCUT2D eigenvalue weighted by Gasteiger charge is -2.17. The first kappa shape index (κ1) is 16.0. The summed E-state index contributed by atoms with van der Waals surface area (Å²) >= 11 is 5.82. The largest absolute Gasteiger partial charge is 0.328 e. The first-order chi connectivity index (χ1) is 11.6. The number of rotatable bonds is 4. The predicted molar refractivity (Wildman–Crippen MR) is 95.9 cm³/mol. The van der Waals surface area contributed by atoms with Crippen molar-refractivity contribution in [2.75, 3.05) is 17.3 Å². The van der Waals surface area contributed by atoms with Crippen LogP contribution in [0.15, 0.2) is 67.0 Å². The Morgan fingerprint density at radius 3 is 2.33 bits per heavy atom. The first-order valence-electron chi connectivity index (χ1n) is 7.31. The molecule has 5 nitrogen and oxygen atoms in total. The molecule has 2 aromatic carbocycles. The summed E-state index contributed by atoms with van der Waals surface area (Å²) in [6, 6.07) is 16.7. The Balaban J connectivity index is 1.72. The molecule has 0 saturated heterocycles. The fraction of sp³-hybridized carbons (Fsp3) is 0.0556. The molecule has 0 saturated carbocycles. The number of hydrogen-bond donors (Lipinski definition) is 1. The second-order valence-corrected chi connectivity index (χ2v) is 5.55. The smallest absolute Gasteiger partial charge is 0.275 e. The summed E-state index contributed by atoms with van der Waals surface area (Å²) in [6.45, 7) is 0. The Kier molecular flexibility index (Phi) is 4.72. The molecule has 24 heavy (non-hydrogen) atoms. The molecular formula is C18H15ClN4O. The van der Waals surface area contributed by atoms with Crippen molar-refractivity contribution < 1.29 is 4.79 Å². The van der Waals surface area contributed by atoms with Crippen LogP contribution in [0.2, 0.25) is 5.02 Å². The number of nitrogens with one attached hydrogen (secondary N) is 1. The average Bonchev–Trinajstić information content (AvgIpc) is 2.64. The van der Waals surface area contributed by atoms with E-state index in [0.717, 1.165) is 5.69 Å². The van der Waals surface area contributed by atoms with Gasteiger partial charge in [-0.3, -0.25) is 4.79 Å². The van der Waals surface area contributed by atoms with Crippen LogP contribution in [0, 0.1) is 0 Å². The molecule has 1 aromatic heterocycles. The molecule has 0 aliphatic rings. The summed E-state index contributed by atoms with van der Waals surface area (Å²) in [5.74, 6) is 0.336. The van der Waals surface area contributed by atoms with Gasteiger partial charge in [0.15, 0.2) is 5.82 Å². The van der Waals surface area contributed by atoms with Gasteiger partial charge in [0.25, 0.3) is 5.91 Å². The Morgan fingerprint density at radius 2 is 1.71 bits per heavy atom. The molecule has 6 heteroatoms. The number of anilines is 3. The van der Waals surface area contributed by atoms with Gasteiger partial charge in [-0.2, -0.15) is 0 Å². The van der Waals surface area contributed by atoms with Gasteiger partial charge >= 0.3 is 0 Å². The zero-order valence-corrected chi connectivity index (χ0v) is 13.7. The summed E-state index contributed by atoms with van der Waals surface area (Å²) in [7, 11) is 1.90. The third-order valence-corrected chi connectivity index (χ3v) is 3.71. The molecule has 0 unspecified atom stereocenters. The van der Waals surface area contributed by atoms with Crippen molar-refractivity contribution in [3.05, 3.63) is 77.7 Å². The van der Waals surface area contributed by atoms with Crippen molar-refractivity contribution in [1.29, 1.82) is 0 Å². The van der Waals surface area contributed by atoms with Gasteiger partial charge in [0.05, 0.1) is 12.4 Å². The van der Waals surface area contributed by atoms with Crippen molar-refractivity contribution >= 4 is 34.7 Å². The van der Waals surface area contributed by atoms with Crippen LogP contribution in [-0.4, -0.2) is 22.9 Å². The topological polar surface area (TPSA) is 58.1 Å². The third kappa shape index (κ3) is 3.70. The number of hydrogen-bond acceptors (Lipinski definition) is 4. The van der Waals surface area contributed by atoms with Gasteiger partial charge in [-0.05, 0) is 36.4 Å². The molecule has 0 spiro atoms. The number of carbonyl (C=O) groups is 1. The van der Waals surface area contributed by atoms with E-state index in [2.05, 4.69) is 15.3 Å². The number of benzene rings is 2. The summed E-state index contributed by atoms with van der Waals surface area (Å²) in [6.07, 6.45) is 3.03. The van der Waals surface area contributed by atoms with E-state index >= 15 is 0 Å². The standard InChI is InChI=1S/C18H15ClN4O/c1-23(15-5-3-2-4-6-15)17-12-20-16(11-21-17)18(24)22-14-9-7-13(19)8-10-14/h2-12H,1H3,(H,22,24). The van der Waals surface area contributed by atoms with E-state index in [1.54, 1.807) is 30.5 Å². The molecule has 1 amide bonds. The molecule has 0 aliphatic carbocycles. The molecule has 1 N–H and O–H groups in total. The van der Waals surface area contributed by atoms with Crippen molar-refractivity contribution in [2.24, 2.45) is 0 Å². The highest BCUT2D eigenvalue weighted by atomic mass is 35.5. The molecule has 0 atom stereocenters.